The summed E-state index contributed by atoms with van der Waals surface area (Å²) in [5, 5.41) is 3.07. The number of fused-ring (bicyclic) bond motifs is 1. The van der Waals surface area contributed by atoms with Crippen LogP contribution in [0.3, 0.4) is 0 Å². The van der Waals surface area contributed by atoms with Gasteiger partial charge in [-0.3, -0.25) is 9.69 Å². The smallest absolute Gasteiger partial charge is 0.234 e. The summed E-state index contributed by atoms with van der Waals surface area (Å²) in [7, 11) is 0. The monoisotopic (exact) mass is 339 g/mol. The third kappa shape index (κ3) is 4.31. The molecule has 1 aliphatic rings. The highest BCUT2D eigenvalue weighted by Crippen LogP contribution is 2.24. The average Bonchev–Trinajstić information content (AvgIpc) is 3.07. The third-order valence-electron chi connectivity index (χ3n) is 5.20. The van der Waals surface area contributed by atoms with Gasteiger partial charge in [-0.1, -0.05) is 38.1 Å². The number of benzene rings is 1. The summed E-state index contributed by atoms with van der Waals surface area (Å²) < 4.78 is 2.28. The lowest BCUT2D eigenvalue weighted by atomic mass is 10.0. The van der Waals surface area contributed by atoms with Gasteiger partial charge in [0.15, 0.2) is 0 Å². The van der Waals surface area contributed by atoms with Crippen LogP contribution in [-0.4, -0.2) is 35.0 Å². The highest BCUT2D eigenvalue weighted by atomic mass is 16.2. The van der Waals surface area contributed by atoms with Gasteiger partial charge < -0.3 is 9.88 Å². The summed E-state index contributed by atoms with van der Waals surface area (Å²) in [5.41, 5.74) is 3.93. The Morgan fingerprint density at radius 3 is 2.68 bits per heavy atom. The van der Waals surface area contributed by atoms with Crippen molar-refractivity contribution in [1.29, 1.82) is 0 Å². The number of hydrogen-bond donors (Lipinski definition) is 1. The molecule has 2 aromatic rings. The van der Waals surface area contributed by atoms with E-state index in [9.17, 15) is 4.79 Å². The average molecular weight is 339 g/mol. The van der Waals surface area contributed by atoms with E-state index in [-0.39, 0.29) is 11.9 Å². The largest absolute Gasteiger partial charge is 0.355 e. The molecule has 3 rings (SSSR count). The maximum absolute atomic E-state index is 12.3. The molecule has 1 atom stereocenters. The van der Waals surface area contributed by atoms with E-state index < -0.39 is 0 Å². The molecule has 134 valence electrons. The van der Waals surface area contributed by atoms with Gasteiger partial charge >= 0.3 is 0 Å². The lowest BCUT2D eigenvalue weighted by molar-refractivity contribution is -0.123. The van der Waals surface area contributed by atoms with Gasteiger partial charge in [0.25, 0.3) is 0 Å². The first-order chi connectivity index (χ1) is 12.0. The molecule has 1 aromatic carbocycles. The van der Waals surface area contributed by atoms with Crippen molar-refractivity contribution in [3.05, 3.63) is 59.4 Å². The molecule has 1 amide bonds. The van der Waals surface area contributed by atoms with Gasteiger partial charge in [-0.05, 0) is 42.5 Å². The van der Waals surface area contributed by atoms with Crippen LogP contribution in [0.2, 0.25) is 0 Å². The molecule has 1 N–H and O–H groups in total. The van der Waals surface area contributed by atoms with Crippen molar-refractivity contribution in [2.24, 2.45) is 0 Å². The first-order valence-electron chi connectivity index (χ1n) is 9.29. The van der Waals surface area contributed by atoms with E-state index in [4.69, 9.17) is 0 Å². The first kappa shape index (κ1) is 17.7. The van der Waals surface area contributed by atoms with Crippen LogP contribution in [0.5, 0.6) is 0 Å². The summed E-state index contributed by atoms with van der Waals surface area (Å²) in [6, 6.07) is 13.2. The van der Waals surface area contributed by atoms with Crippen molar-refractivity contribution < 1.29 is 4.79 Å². The fourth-order valence-electron chi connectivity index (χ4n) is 3.50. The summed E-state index contributed by atoms with van der Waals surface area (Å²) in [4.78, 5) is 14.5. The second-order valence-electron chi connectivity index (χ2n) is 7.27. The normalized spacial score (nSPS) is 17.5. The van der Waals surface area contributed by atoms with Gasteiger partial charge in [0.1, 0.15) is 0 Å². The van der Waals surface area contributed by atoms with Crippen LogP contribution in [0.4, 0.5) is 0 Å². The van der Waals surface area contributed by atoms with Crippen LogP contribution < -0.4 is 5.32 Å². The lowest BCUT2D eigenvalue weighted by Gasteiger charge is -2.34. The summed E-state index contributed by atoms with van der Waals surface area (Å²) in [5.74, 6) is 0.673. The van der Waals surface area contributed by atoms with E-state index in [0.717, 1.165) is 19.5 Å². The third-order valence-corrected chi connectivity index (χ3v) is 5.20. The van der Waals surface area contributed by atoms with Crippen molar-refractivity contribution in [3.63, 3.8) is 0 Å². The van der Waals surface area contributed by atoms with E-state index in [1.54, 1.807) is 0 Å². The quantitative estimate of drug-likeness (QED) is 0.876. The molecule has 0 fully saturated rings. The molecule has 0 spiro atoms. The van der Waals surface area contributed by atoms with Gasteiger partial charge in [-0.15, -0.1) is 0 Å². The summed E-state index contributed by atoms with van der Waals surface area (Å²) in [6.45, 7) is 9.63. The Labute approximate surface area is 150 Å². The predicted octanol–water partition coefficient (Wildman–Crippen LogP) is 3.35. The fourth-order valence-corrected chi connectivity index (χ4v) is 3.50. The molecule has 0 saturated heterocycles. The van der Waals surface area contributed by atoms with E-state index in [0.29, 0.717) is 19.0 Å². The van der Waals surface area contributed by atoms with Crippen molar-refractivity contribution in [2.45, 2.75) is 45.7 Å². The number of aromatic nitrogens is 1. The van der Waals surface area contributed by atoms with E-state index in [2.05, 4.69) is 78.2 Å². The standard InChI is InChI=1S/C21H29N3O/c1-16(2)19-8-6-18(7-9-19)10-11-22-21(25)15-24-14-13-23-12-4-5-20(23)17(24)3/h4-9,12,16-17H,10-11,13-15H2,1-3H3,(H,22,25)/t17-/m0/s1. The van der Waals surface area contributed by atoms with Crippen molar-refractivity contribution in [2.75, 3.05) is 19.6 Å². The molecular weight excluding hydrogens is 310 g/mol. The zero-order valence-electron chi connectivity index (χ0n) is 15.5. The molecule has 2 heterocycles. The van der Waals surface area contributed by atoms with Crippen molar-refractivity contribution in [3.8, 4) is 0 Å². The zero-order valence-corrected chi connectivity index (χ0v) is 15.5. The van der Waals surface area contributed by atoms with Crippen LogP contribution in [-0.2, 0) is 17.8 Å². The van der Waals surface area contributed by atoms with E-state index in [1.807, 2.05) is 0 Å². The Balaban J connectivity index is 1.44. The molecule has 4 heteroatoms. The molecule has 1 aromatic heterocycles. The molecule has 0 unspecified atom stereocenters. The number of nitrogens with zero attached hydrogens (tertiary/aromatic N) is 2. The maximum Gasteiger partial charge on any atom is 0.234 e. The molecule has 25 heavy (non-hydrogen) atoms. The van der Waals surface area contributed by atoms with Gasteiger partial charge in [-0.25, -0.2) is 0 Å². The zero-order chi connectivity index (χ0) is 17.8. The van der Waals surface area contributed by atoms with Crippen LogP contribution in [0.25, 0.3) is 0 Å². The second-order valence-corrected chi connectivity index (χ2v) is 7.27. The Morgan fingerprint density at radius 1 is 1.20 bits per heavy atom. The summed E-state index contributed by atoms with van der Waals surface area (Å²) >= 11 is 0. The Hall–Kier alpha value is -2.07. The summed E-state index contributed by atoms with van der Waals surface area (Å²) in [6.07, 6.45) is 3.00. The molecule has 0 bridgehead atoms. The topological polar surface area (TPSA) is 37.3 Å². The maximum atomic E-state index is 12.3. The second kappa shape index (κ2) is 7.87. The number of nitrogens with one attached hydrogen (secondary N) is 1. The molecule has 0 aliphatic carbocycles. The first-order valence-corrected chi connectivity index (χ1v) is 9.29. The number of hydrogen-bond acceptors (Lipinski definition) is 2. The molecular formula is C21H29N3O. The van der Waals surface area contributed by atoms with E-state index in [1.165, 1.54) is 16.8 Å². The van der Waals surface area contributed by atoms with E-state index >= 15 is 0 Å². The van der Waals surface area contributed by atoms with Crippen molar-refractivity contribution >= 4 is 5.91 Å². The minimum absolute atomic E-state index is 0.116. The Bertz CT molecular complexity index is 702. The fraction of sp³-hybridized carbons (Fsp3) is 0.476. The molecule has 0 radical (unpaired) electrons. The Kier molecular flexibility index (Phi) is 5.59. The number of carbonyl (C=O) groups is 1. The molecule has 4 nitrogen and oxygen atoms in total. The van der Waals surface area contributed by atoms with Gasteiger partial charge in [0.05, 0.1) is 6.54 Å². The highest BCUT2D eigenvalue weighted by Gasteiger charge is 2.24. The minimum Gasteiger partial charge on any atom is -0.355 e. The van der Waals surface area contributed by atoms with Crippen LogP contribution in [0.15, 0.2) is 42.6 Å². The van der Waals surface area contributed by atoms with Gasteiger partial charge in [0, 0.05) is 37.6 Å². The van der Waals surface area contributed by atoms with Gasteiger partial charge in [-0.2, -0.15) is 0 Å². The number of amides is 1. The van der Waals surface area contributed by atoms with Crippen LogP contribution in [0.1, 0.15) is 49.6 Å². The van der Waals surface area contributed by atoms with Crippen LogP contribution in [0, 0.1) is 0 Å². The number of rotatable bonds is 6. The molecule has 0 saturated carbocycles. The lowest BCUT2D eigenvalue weighted by Crippen LogP contribution is -2.43. The van der Waals surface area contributed by atoms with Crippen molar-refractivity contribution in [1.82, 2.24) is 14.8 Å². The Morgan fingerprint density at radius 2 is 1.96 bits per heavy atom. The number of carbonyl (C=O) groups excluding carboxylic acids is 1. The van der Waals surface area contributed by atoms with Crippen LogP contribution >= 0.6 is 0 Å². The predicted molar refractivity (Wildman–Crippen MR) is 102 cm³/mol. The minimum atomic E-state index is 0.116. The van der Waals surface area contributed by atoms with Gasteiger partial charge in [0.2, 0.25) is 5.91 Å². The molecule has 1 aliphatic heterocycles. The SMILES string of the molecule is CC(C)c1ccc(CCNC(=O)CN2CCn3cccc3[C@@H]2C)cc1. The highest BCUT2D eigenvalue weighted by molar-refractivity contribution is 5.78.